The fraction of sp³-hybridized carbons (Fsp3) is 0.200. The highest BCUT2D eigenvalue weighted by atomic mass is 16.5. The summed E-state index contributed by atoms with van der Waals surface area (Å²) in [6.07, 6.45) is 3.70. The van der Waals surface area contributed by atoms with Gasteiger partial charge in [-0.2, -0.15) is 0 Å². The zero-order valence-corrected chi connectivity index (χ0v) is 14.0. The maximum absolute atomic E-state index is 12.7. The highest BCUT2D eigenvalue weighted by Crippen LogP contribution is 2.23. The van der Waals surface area contributed by atoms with E-state index in [1.165, 1.54) is 0 Å². The van der Waals surface area contributed by atoms with Gasteiger partial charge in [0.05, 0.1) is 18.9 Å². The van der Waals surface area contributed by atoms with Gasteiger partial charge < -0.3 is 14.6 Å². The predicted octanol–water partition coefficient (Wildman–Crippen LogP) is 3.14. The minimum atomic E-state index is -0.0699. The van der Waals surface area contributed by atoms with Crippen LogP contribution in [-0.2, 0) is 24.5 Å². The number of amides is 1. The maximum Gasteiger partial charge on any atom is 0.251 e. The monoisotopic (exact) mass is 333 g/mol. The molecular weight excluding hydrogens is 314 g/mol. The molecule has 1 amide bonds. The summed E-state index contributed by atoms with van der Waals surface area (Å²) in [5.74, 6) is 0.844. The number of rotatable bonds is 4. The van der Waals surface area contributed by atoms with Gasteiger partial charge in [-0.3, -0.25) is 4.79 Å². The molecule has 126 valence electrons. The van der Waals surface area contributed by atoms with Crippen molar-refractivity contribution >= 4 is 5.91 Å². The van der Waals surface area contributed by atoms with Gasteiger partial charge in [0.25, 0.3) is 5.91 Å². The first-order chi connectivity index (χ1) is 12.2. The number of hydrogen-bond donors (Lipinski definition) is 1. The Bertz CT molecular complexity index is 930. The van der Waals surface area contributed by atoms with E-state index in [0.29, 0.717) is 25.3 Å². The molecule has 1 aliphatic rings. The lowest BCUT2D eigenvalue weighted by atomic mass is 10.0. The average molecular weight is 333 g/mol. The van der Waals surface area contributed by atoms with Crippen LogP contribution in [0.15, 0.2) is 54.9 Å². The van der Waals surface area contributed by atoms with E-state index in [4.69, 9.17) is 4.74 Å². The van der Waals surface area contributed by atoms with Crippen molar-refractivity contribution in [3.63, 3.8) is 0 Å². The summed E-state index contributed by atoms with van der Waals surface area (Å²) in [6.45, 7) is 3.50. The van der Waals surface area contributed by atoms with Gasteiger partial charge in [0.2, 0.25) is 0 Å². The highest BCUT2D eigenvalue weighted by Gasteiger charge is 2.19. The minimum Gasteiger partial charge on any atom is -0.372 e. The van der Waals surface area contributed by atoms with E-state index in [-0.39, 0.29) is 5.91 Å². The molecule has 0 saturated carbocycles. The number of imidazole rings is 1. The van der Waals surface area contributed by atoms with Crippen LogP contribution in [0, 0.1) is 6.92 Å². The number of hydrogen-bond acceptors (Lipinski definition) is 3. The smallest absolute Gasteiger partial charge is 0.251 e. The molecule has 0 radical (unpaired) electrons. The average Bonchev–Trinajstić information content (AvgIpc) is 3.28. The van der Waals surface area contributed by atoms with E-state index < -0.39 is 0 Å². The lowest BCUT2D eigenvalue weighted by molar-refractivity contribution is 0.0945. The van der Waals surface area contributed by atoms with Crippen LogP contribution in [0.3, 0.4) is 0 Å². The van der Waals surface area contributed by atoms with Crippen molar-refractivity contribution in [1.82, 2.24) is 14.9 Å². The van der Waals surface area contributed by atoms with Crippen LogP contribution >= 0.6 is 0 Å². The van der Waals surface area contributed by atoms with Gasteiger partial charge in [0.15, 0.2) is 0 Å². The van der Waals surface area contributed by atoms with Crippen molar-refractivity contribution < 1.29 is 9.53 Å². The number of aromatic nitrogens is 2. The Morgan fingerprint density at radius 2 is 2.08 bits per heavy atom. The van der Waals surface area contributed by atoms with Crippen LogP contribution in [0.4, 0.5) is 0 Å². The summed E-state index contributed by atoms with van der Waals surface area (Å²) in [7, 11) is 0. The van der Waals surface area contributed by atoms with Gasteiger partial charge in [-0.25, -0.2) is 4.98 Å². The first-order valence-electron chi connectivity index (χ1n) is 8.29. The molecule has 2 aromatic carbocycles. The van der Waals surface area contributed by atoms with Crippen LogP contribution < -0.4 is 5.32 Å². The van der Waals surface area contributed by atoms with Crippen molar-refractivity contribution in [2.45, 2.75) is 26.7 Å². The maximum atomic E-state index is 12.7. The molecule has 0 bridgehead atoms. The number of carbonyl (C=O) groups is 1. The van der Waals surface area contributed by atoms with Crippen LogP contribution in [0.5, 0.6) is 0 Å². The number of ether oxygens (including phenoxy) is 1. The van der Waals surface area contributed by atoms with E-state index in [1.807, 2.05) is 60.2 Å². The molecule has 1 N–H and O–H groups in total. The molecule has 25 heavy (non-hydrogen) atoms. The normalized spacial score (nSPS) is 12.8. The molecule has 0 spiro atoms. The quantitative estimate of drug-likeness (QED) is 0.798. The summed E-state index contributed by atoms with van der Waals surface area (Å²) in [4.78, 5) is 16.9. The number of nitrogens with one attached hydrogen (secondary N) is 1. The third kappa shape index (κ3) is 2.94. The molecule has 0 aliphatic carbocycles. The third-order valence-electron chi connectivity index (χ3n) is 4.54. The molecule has 0 unspecified atom stereocenters. The summed E-state index contributed by atoms with van der Waals surface area (Å²) in [5, 5.41) is 3.04. The van der Waals surface area contributed by atoms with Crippen molar-refractivity contribution in [1.29, 1.82) is 0 Å². The first-order valence-corrected chi connectivity index (χ1v) is 8.29. The number of nitrogens with zero attached hydrogens (tertiary/aromatic N) is 2. The Balaban J connectivity index is 1.56. The molecule has 0 fully saturated rings. The first kappa shape index (κ1) is 15.6. The molecular formula is C20H19N3O2. The van der Waals surface area contributed by atoms with E-state index in [2.05, 4.69) is 10.3 Å². The van der Waals surface area contributed by atoms with Crippen LogP contribution in [0.2, 0.25) is 0 Å². The Labute approximate surface area is 146 Å². The standard InChI is InChI=1S/C20H19N3O2/c1-14-21-9-10-23(14)19-8-3-2-5-15(19)11-22-20(24)17-7-4-6-16-12-25-13-18(16)17/h2-10H,11-13H2,1H3,(H,22,24). The van der Waals surface area contributed by atoms with Crippen LogP contribution in [-0.4, -0.2) is 15.5 Å². The molecule has 1 aromatic heterocycles. The number of carbonyl (C=O) groups excluding carboxylic acids is 1. The van der Waals surface area contributed by atoms with Crippen molar-refractivity contribution in [2.75, 3.05) is 0 Å². The summed E-state index contributed by atoms with van der Waals surface area (Å²) < 4.78 is 7.48. The second-order valence-corrected chi connectivity index (χ2v) is 6.09. The van der Waals surface area contributed by atoms with Gasteiger partial charge in [0.1, 0.15) is 5.82 Å². The van der Waals surface area contributed by atoms with Gasteiger partial charge in [0, 0.05) is 24.5 Å². The van der Waals surface area contributed by atoms with E-state index >= 15 is 0 Å². The largest absolute Gasteiger partial charge is 0.372 e. The second kappa shape index (κ2) is 6.53. The molecule has 0 saturated heterocycles. The van der Waals surface area contributed by atoms with Crippen LogP contribution in [0.25, 0.3) is 5.69 Å². The molecule has 5 heteroatoms. The topological polar surface area (TPSA) is 56.2 Å². The Morgan fingerprint density at radius 3 is 2.92 bits per heavy atom. The van der Waals surface area contributed by atoms with Gasteiger partial charge in [-0.15, -0.1) is 0 Å². The van der Waals surface area contributed by atoms with Crippen LogP contribution in [0.1, 0.15) is 32.9 Å². The second-order valence-electron chi connectivity index (χ2n) is 6.09. The molecule has 3 aromatic rings. The SMILES string of the molecule is Cc1nccn1-c1ccccc1CNC(=O)c1cccc2c1COC2. The lowest BCUT2D eigenvalue weighted by Crippen LogP contribution is -2.24. The van der Waals surface area contributed by atoms with E-state index in [0.717, 1.165) is 28.2 Å². The number of fused-ring (bicyclic) bond motifs is 1. The number of aryl methyl sites for hydroxylation is 1. The number of para-hydroxylation sites is 1. The Kier molecular flexibility index (Phi) is 4.07. The fourth-order valence-corrected chi connectivity index (χ4v) is 3.21. The Hall–Kier alpha value is -2.92. The Morgan fingerprint density at radius 1 is 1.20 bits per heavy atom. The summed E-state index contributed by atoms with van der Waals surface area (Å²) in [6, 6.07) is 13.8. The molecule has 1 aliphatic heterocycles. The third-order valence-corrected chi connectivity index (χ3v) is 4.54. The minimum absolute atomic E-state index is 0.0699. The van der Waals surface area contributed by atoms with Gasteiger partial charge in [-0.1, -0.05) is 30.3 Å². The molecule has 2 heterocycles. The van der Waals surface area contributed by atoms with E-state index in [1.54, 1.807) is 6.20 Å². The van der Waals surface area contributed by atoms with Crippen molar-refractivity contribution in [2.24, 2.45) is 0 Å². The van der Waals surface area contributed by atoms with Crippen molar-refractivity contribution in [3.05, 3.63) is 82.9 Å². The van der Waals surface area contributed by atoms with Gasteiger partial charge in [-0.05, 0) is 35.7 Å². The fourth-order valence-electron chi connectivity index (χ4n) is 3.21. The lowest BCUT2D eigenvalue weighted by Gasteiger charge is -2.13. The zero-order valence-electron chi connectivity index (χ0n) is 14.0. The summed E-state index contributed by atoms with van der Waals surface area (Å²) >= 11 is 0. The molecule has 5 nitrogen and oxygen atoms in total. The van der Waals surface area contributed by atoms with Crippen molar-refractivity contribution in [3.8, 4) is 5.69 Å². The summed E-state index contributed by atoms with van der Waals surface area (Å²) in [5.41, 5.74) is 4.87. The predicted molar refractivity (Wildman–Crippen MR) is 94.4 cm³/mol. The van der Waals surface area contributed by atoms with Gasteiger partial charge >= 0.3 is 0 Å². The van der Waals surface area contributed by atoms with E-state index in [9.17, 15) is 4.79 Å². The number of benzene rings is 2. The highest BCUT2D eigenvalue weighted by molar-refractivity contribution is 5.96. The molecule has 0 atom stereocenters. The zero-order chi connectivity index (χ0) is 17.2. The molecule has 4 rings (SSSR count).